The van der Waals surface area contributed by atoms with Crippen LogP contribution in [-0.2, 0) is 16.1 Å². The van der Waals surface area contributed by atoms with E-state index in [0.29, 0.717) is 6.61 Å². The minimum atomic E-state index is -0.521. The summed E-state index contributed by atoms with van der Waals surface area (Å²) in [5.41, 5.74) is 0.616. The molecule has 0 heterocycles. The lowest BCUT2D eigenvalue weighted by Gasteiger charge is -2.26. The first-order valence-electron chi connectivity index (χ1n) is 6.49. The molecular formula is C15H20O2. The molecule has 0 aromatic heterocycles. The second-order valence-corrected chi connectivity index (χ2v) is 4.87. The van der Waals surface area contributed by atoms with Crippen LogP contribution in [-0.4, -0.2) is 11.9 Å². The van der Waals surface area contributed by atoms with Crippen LogP contribution >= 0.6 is 0 Å². The molecule has 0 unspecified atom stereocenters. The largest absolute Gasteiger partial charge is 0.363 e. The smallest absolute Gasteiger partial charge is 0.151 e. The summed E-state index contributed by atoms with van der Waals surface area (Å²) in [5, 5.41) is 0. The van der Waals surface area contributed by atoms with Gasteiger partial charge >= 0.3 is 0 Å². The number of carbonyl (C=O) groups is 1. The molecule has 2 nitrogen and oxygen atoms in total. The van der Waals surface area contributed by atoms with E-state index in [9.17, 15) is 4.79 Å². The zero-order valence-corrected chi connectivity index (χ0v) is 10.2. The molecule has 0 spiro atoms. The molecule has 1 fully saturated rings. The number of aldehydes is 1. The minimum Gasteiger partial charge on any atom is -0.363 e. The Morgan fingerprint density at radius 1 is 1.06 bits per heavy atom. The van der Waals surface area contributed by atoms with Gasteiger partial charge in [0.2, 0.25) is 0 Å². The van der Waals surface area contributed by atoms with E-state index in [0.717, 1.165) is 37.5 Å². The van der Waals surface area contributed by atoms with E-state index in [-0.39, 0.29) is 0 Å². The molecule has 0 N–H and O–H groups in total. The van der Waals surface area contributed by atoms with Crippen LogP contribution < -0.4 is 0 Å². The van der Waals surface area contributed by atoms with Gasteiger partial charge in [0.05, 0.1) is 6.61 Å². The topological polar surface area (TPSA) is 26.3 Å². The third-order valence-electron chi connectivity index (χ3n) is 3.53. The number of benzene rings is 1. The molecule has 0 amide bonds. The first kappa shape index (κ1) is 12.3. The maximum atomic E-state index is 11.3. The Morgan fingerprint density at radius 3 is 2.29 bits per heavy atom. The Kier molecular flexibility index (Phi) is 4.32. The van der Waals surface area contributed by atoms with Gasteiger partial charge in [-0.05, 0) is 18.4 Å². The Balaban J connectivity index is 1.96. The van der Waals surface area contributed by atoms with Gasteiger partial charge < -0.3 is 9.53 Å². The van der Waals surface area contributed by atoms with Crippen LogP contribution in [0.4, 0.5) is 0 Å². The van der Waals surface area contributed by atoms with Gasteiger partial charge in [-0.3, -0.25) is 0 Å². The fourth-order valence-electron chi connectivity index (χ4n) is 2.42. The second-order valence-electron chi connectivity index (χ2n) is 4.87. The molecule has 2 rings (SSSR count). The van der Waals surface area contributed by atoms with E-state index in [2.05, 4.69) is 0 Å². The summed E-state index contributed by atoms with van der Waals surface area (Å²) in [5.74, 6) is 0. The molecule has 0 aliphatic heterocycles. The second kappa shape index (κ2) is 5.97. The summed E-state index contributed by atoms with van der Waals surface area (Å²) in [6.07, 6.45) is 7.45. The van der Waals surface area contributed by atoms with Gasteiger partial charge in [-0.1, -0.05) is 56.0 Å². The molecule has 1 aliphatic carbocycles. The van der Waals surface area contributed by atoms with Crippen molar-refractivity contribution in [1.29, 1.82) is 0 Å². The molecular weight excluding hydrogens is 212 g/mol. The Hall–Kier alpha value is -1.15. The molecule has 2 heteroatoms. The van der Waals surface area contributed by atoms with Crippen molar-refractivity contribution < 1.29 is 9.53 Å². The number of hydrogen-bond acceptors (Lipinski definition) is 2. The van der Waals surface area contributed by atoms with Crippen molar-refractivity contribution in [2.75, 3.05) is 0 Å². The predicted molar refractivity (Wildman–Crippen MR) is 67.7 cm³/mol. The summed E-state index contributed by atoms with van der Waals surface area (Å²) in [4.78, 5) is 11.3. The first-order valence-corrected chi connectivity index (χ1v) is 6.49. The standard InChI is InChI=1S/C15H20O2/c16-13-15(10-6-1-2-7-11-15)17-12-14-8-4-3-5-9-14/h3-5,8-9,13H,1-2,6-7,10-12H2. The molecule has 1 aromatic carbocycles. The average Bonchev–Trinajstić information content (AvgIpc) is 2.64. The zero-order chi connectivity index (χ0) is 12.0. The molecule has 0 saturated heterocycles. The molecule has 0 radical (unpaired) electrons. The van der Waals surface area contributed by atoms with Crippen molar-refractivity contribution >= 4 is 6.29 Å². The van der Waals surface area contributed by atoms with Crippen molar-refractivity contribution in [2.45, 2.75) is 50.7 Å². The van der Waals surface area contributed by atoms with E-state index in [4.69, 9.17) is 4.74 Å². The summed E-state index contributed by atoms with van der Waals surface area (Å²) in [6.45, 7) is 0.541. The Bertz CT molecular complexity index is 337. The molecule has 1 aromatic rings. The van der Waals surface area contributed by atoms with Gasteiger partial charge in [0.15, 0.2) is 6.29 Å². The zero-order valence-electron chi connectivity index (χ0n) is 10.2. The van der Waals surface area contributed by atoms with Crippen LogP contribution in [0.3, 0.4) is 0 Å². The maximum Gasteiger partial charge on any atom is 0.151 e. The normalized spacial score (nSPS) is 19.5. The van der Waals surface area contributed by atoms with Crippen molar-refractivity contribution in [3.8, 4) is 0 Å². The minimum absolute atomic E-state index is 0.521. The summed E-state index contributed by atoms with van der Waals surface area (Å²) >= 11 is 0. The molecule has 0 atom stereocenters. The quantitative estimate of drug-likeness (QED) is 0.586. The SMILES string of the molecule is O=CC1(OCc2ccccc2)CCCCCC1. The molecule has 1 saturated carbocycles. The molecule has 92 valence electrons. The maximum absolute atomic E-state index is 11.3. The van der Waals surface area contributed by atoms with Gasteiger partial charge in [0, 0.05) is 0 Å². The van der Waals surface area contributed by atoms with Crippen molar-refractivity contribution in [3.05, 3.63) is 35.9 Å². The van der Waals surface area contributed by atoms with Crippen molar-refractivity contribution in [3.63, 3.8) is 0 Å². The predicted octanol–water partition coefficient (Wildman–Crippen LogP) is 3.50. The third-order valence-corrected chi connectivity index (χ3v) is 3.53. The third kappa shape index (κ3) is 3.40. The first-order chi connectivity index (χ1) is 8.35. The van der Waals surface area contributed by atoms with Crippen LogP contribution in [0.1, 0.15) is 44.1 Å². The molecule has 1 aliphatic rings. The van der Waals surface area contributed by atoms with Gasteiger partial charge in [0.25, 0.3) is 0 Å². The van der Waals surface area contributed by atoms with E-state index >= 15 is 0 Å². The van der Waals surface area contributed by atoms with Gasteiger partial charge in [-0.25, -0.2) is 0 Å². The highest BCUT2D eigenvalue weighted by Crippen LogP contribution is 2.29. The fraction of sp³-hybridized carbons (Fsp3) is 0.533. The fourth-order valence-corrected chi connectivity index (χ4v) is 2.42. The molecule has 17 heavy (non-hydrogen) atoms. The highest BCUT2D eigenvalue weighted by Gasteiger charge is 2.31. The molecule has 0 bridgehead atoms. The lowest BCUT2D eigenvalue weighted by atomic mass is 9.96. The summed E-state index contributed by atoms with van der Waals surface area (Å²) < 4.78 is 5.92. The lowest BCUT2D eigenvalue weighted by molar-refractivity contribution is -0.135. The Morgan fingerprint density at radius 2 is 1.71 bits per heavy atom. The van der Waals surface area contributed by atoms with Crippen LogP contribution in [0.25, 0.3) is 0 Å². The van der Waals surface area contributed by atoms with Gasteiger partial charge in [-0.2, -0.15) is 0 Å². The number of hydrogen-bond donors (Lipinski definition) is 0. The highest BCUT2D eigenvalue weighted by molar-refractivity contribution is 5.62. The van der Waals surface area contributed by atoms with Crippen LogP contribution in [0.5, 0.6) is 0 Å². The van der Waals surface area contributed by atoms with Crippen molar-refractivity contribution in [2.24, 2.45) is 0 Å². The highest BCUT2D eigenvalue weighted by atomic mass is 16.5. The van der Waals surface area contributed by atoms with E-state index in [1.807, 2.05) is 30.3 Å². The van der Waals surface area contributed by atoms with Gasteiger partial charge in [0.1, 0.15) is 5.60 Å². The van der Waals surface area contributed by atoms with Crippen LogP contribution in [0.15, 0.2) is 30.3 Å². The summed E-state index contributed by atoms with van der Waals surface area (Å²) in [6, 6.07) is 10.1. The van der Waals surface area contributed by atoms with E-state index in [1.165, 1.54) is 12.8 Å². The Labute approximate surface area is 103 Å². The van der Waals surface area contributed by atoms with Crippen LogP contribution in [0.2, 0.25) is 0 Å². The van der Waals surface area contributed by atoms with Gasteiger partial charge in [-0.15, -0.1) is 0 Å². The average molecular weight is 232 g/mol. The number of ether oxygens (including phenoxy) is 1. The van der Waals surface area contributed by atoms with Crippen molar-refractivity contribution in [1.82, 2.24) is 0 Å². The van der Waals surface area contributed by atoms with E-state index in [1.54, 1.807) is 0 Å². The monoisotopic (exact) mass is 232 g/mol. The van der Waals surface area contributed by atoms with Crippen LogP contribution in [0, 0.1) is 0 Å². The lowest BCUT2D eigenvalue weighted by Crippen LogP contribution is -2.33. The summed E-state index contributed by atoms with van der Waals surface area (Å²) in [7, 11) is 0. The number of rotatable bonds is 4. The van der Waals surface area contributed by atoms with E-state index < -0.39 is 5.60 Å². The number of carbonyl (C=O) groups excluding carboxylic acids is 1.